The normalized spacial score (nSPS) is 27.9. The number of hydrogen-bond donors (Lipinski definition) is 0. The fourth-order valence-corrected chi connectivity index (χ4v) is 7.74. The average molecular weight is 486 g/mol. The van der Waals surface area contributed by atoms with Crippen LogP contribution in [-0.4, -0.2) is 57.1 Å². The van der Waals surface area contributed by atoms with Gasteiger partial charge in [0.1, 0.15) is 0 Å². The Labute approximate surface area is 174 Å². The van der Waals surface area contributed by atoms with Crippen molar-refractivity contribution in [2.24, 2.45) is 0 Å². The van der Waals surface area contributed by atoms with Crippen molar-refractivity contribution in [3.8, 4) is 0 Å². The molecule has 0 radical (unpaired) electrons. The van der Waals surface area contributed by atoms with Gasteiger partial charge < -0.3 is 0 Å². The Morgan fingerprint density at radius 1 is 0.593 bits per heavy atom. The van der Waals surface area contributed by atoms with Crippen LogP contribution in [0.15, 0.2) is 0 Å². The molecule has 3 aliphatic rings. The summed E-state index contributed by atoms with van der Waals surface area (Å²) < 4.78 is 28.6. The molecule has 2 fully saturated rings. The first kappa shape index (κ1) is 20.5. The van der Waals surface area contributed by atoms with Crippen molar-refractivity contribution >= 4 is 41.6 Å². The van der Waals surface area contributed by atoms with Gasteiger partial charge in [0, 0.05) is 0 Å². The summed E-state index contributed by atoms with van der Waals surface area (Å²) in [6, 6.07) is 0. The number of hydrogen-bond acceptors (Lipinski definition) is 4. The van der Waals surface area contributed by atoms with E-state index in [0.29, 0.717) is 0 Å². The van der Waals surface area contributed by atoms with Crippen LogP contribution in [0.25, 0.3) is 0 Å². The zero-order valence-electron chi connectivity index (χ0n) is 18.0. The van der Waals surface area contributed by atoms with E-state index in [2.05, 4.69) is 55.4 Å². The fraction of sp³-hybridized carbons (Fsp3) is 0.800. The van der Waals surface area contributed by atoms with Crippen LogP contribution in [0, 0.1) is 0 Å². The van der Waals surface area contributed by atoms with Crippen LogP contribution in [-0.2, 0) is 31.5 Å². The SMILES string of the molecule is CC1(C)OB(c2[te]c(B3OC(C)(C)C(C)(C)O3)c3c2CCCC3)OC1(C)C. The van der Waals surface area contributed by atoms with Gasteiger partial charge in [-0.25, -0.2) is 0 Å². The molecule has 0 atom stereocenters. The molecule has 4 nitrogen and oxygen atoms in total. The third-order valence-corrected chi connectivity index (χ3v) is 11.0. The minimum absolute atomic E-state index is 0.208. The van der Waals surface area contributed by atoms with Crippen molar-refractivity contribution in [2.45, 2.75) is 103 Å². The van der Waals surface area contributed by atoms with Gasteiger partial charge in [-0.15, -0.1) is 0 Å². The molecule has 0 unspecified atom stereocenters. The molecule has 1 aromatic rings. The van der Waals surface area contributed by atoms with Crippen LogP contribution >= 0.6 is 0 Å². The Morgan fingerprint density at radius 3 is 1.19 bits per heavy atom. The maximum absolute atomic E-state index is 6.43. The first-order valence-electron chi connectivity index (χ1n) is 10.2. The van der Waals surface area contributed by atoms with Gasteiger partial charge in [-0.1, -0.05) is 0 Å². The standard InChI is InChI=1S/C20H32B2O4Te/c1-17(2)18(3,4)24-21(23-17)15-13-11-9-10-12-14(13)16(27-15)22-25-19(5,6)20(7,8)26-22/h9-12H2,1-8H3. The summed E-state index contributed by atoms with van der Waals surface area (Å²) in [5.41, 5.74) is 1.85. The van der Waals surface area contributed by atoms with Crippen molar-refractivity contribution < 1.29 is 18.6 Å². The van der Waals surface area contributed by atoms with Gasteiger partial charge in [-0.2, -0.15) is 0 Å². The average Bonchev–Trinajstić information content (AvgIpc) is 3.08. The van der Waals surface area contributed by atoms with Gasteiger partial charge in [0.05, 0.1) is 0 Å². The van der Waals surface area contributed by atoms with Crippen molar-refractivity contribution in [3.63, 3.8) is 0 Å². The Hall–Kier alpha value is 0.239. The molecule has 2 saturated heterocycles. The van der Waals surface area contributed by atoms with Gasteiger partial charge in [-0.05, 0) is 0 Å². The molecule has 0 amide bonds. The molecule has 0 N–H and O–H groups in total. The molecule has 1 aromatic heterocycles. The van der Waals surface area contributed by atoms with Crippen molar-refractivity contribution in [1.82, 2.24) is 0 Å². The molecule has 27 heavy (non-hydrogen) atoms. The summed E-state index contributed by atoms with van der Waals surface area (Å²) >= 11 is -0.601. The van der Waals surface area contributed by atoms with Crippen LogP contribution < -0.4 is 6.96 Å². The Kier molecular flexibility index (Phi) is 4.84. The molecular formula is C20H32B2O4Te. The number of fused-ring (bicyclic) bond motifs is 1. The van der Waals surface area contributed by atoms with E-state index >= 15 is 0 Å². The topological polar surface area (TPSA) is 36.9 Å². The van der Waals surface area contributed by atoms with E-state index in [9.17, 15) is 0 Å². The molecule has 0 spiro atoms. The molecule has 0 aromatic carbocycles. The summed E-state index contributed by atoms with van der Waals surface area (Å²) in [7, 11) is -0.416. The Bertz CT molecular complexity index is 661. The molecule has 0 saturated carbocycles. The Morgan fingerprint density at radius 2 is 0.889 bits per heavy atom. The van der Waals surface area contributed by atoms with Crippen LogP contribution in [0.1, 0.15) is 79.4 Å². The first-order valence-corrected chi connectivity index (χ1v) is 12.5. The molecule has 7 heteroatoms. The molecule has 2 aliphatic heterocycles. The van der Waals surface area contributed by atoms with Gasteiger partial charge in [0.2, 0.25) is 0 Å². The minimum atomic E-state index is -0.601. The Balaban J connectivity index is 1.72. The van der Waals surface area contributed by atoms with Crippen LogP contribution in [0.5, 0.6) is 0 Å². The van der Waals surface area contributed by atoms with Gasteiger partial charge in [0.25, 0.3) is 0 Å². The third kappa shape index (κ3) is 3.22. The van der Waals surface area contributed by atoms with Crippen molar-refractivity contribution in [2.75, 3.05) is 0 Å². The van der Waals surface area contributed by atoms with E-state index in [0.717, 1.165) is 12.8 Å². The quantitative estimate of drug-likeness (QED) is 0.602. The van der Waals surface area contributed by atoms with Gasteiger partial charge >= 0.3 is 175 Å². The second-order valence-electron chi connectivity index (χ2n) is 10.2. The second kappa shape index (κ2) is 6.37. The van der Waals surface area contributed by atoms with E-state index < -0.39 is 20.4 Å². The van der Waals surface area contributed by atoms with Gasteiger partial charge in [0.15, 0.2) is 0 Å². The zero-order valence-corrected chi connectivity index (χ0v) is 20.4. The molecular weight excluding hydrogens is 453 g/mol. The van der Waals surface area contributed by atoms with Crippen LogP contribution in [0.3, 0.4) is 0 Å². The molecule has 148 valence electrons. The third-order valence-electron chi connectivity index (χ3n) is 7.22. The van der Waals surface area contributed by atoms with E-state index in [-0.39, 0.29) is 36.6 Å². The van der Waals surface area contributed by atoms with Gasteiger partial charge in [-0.3, -0.25) is 0 Å². The zero-order chi connectivity index (χ0) is 19.8. The van der Waals surface area contributed by atoms with E-state index in [4.69, 9.17) is 18.6 Å². The van der Waals surface area contributed by atoms with Crippen molar-refractivity contribution in [3.05, 3.63) is 11.1 Å². The summed E-state index contributed by atoms with van der Waals surface area (Å²) in [6.07, 6.45) is 4.79. The molecule has 4 rings (SSSR count). The second-order valence-corrected chi connectivity index (χ2v) is 13.3. The monoisotopic (exact) mass is 488 g/mol. The molecule has 0 bridgehead atoms. The fourth-order valence-electron chi connectivity index (χ4n) is 3.97. The summed E-state index contributed by atoms with van der Waals surface area (Å²) in [4.78, 5) is 0. The van der Waals surface area contributed by atoms with E-state index in [1.807, 2.05) is 0 Å². The summed E-state index contributed by atoms with van der Waals surface area (Å²) in [5, 5.41) is 0. The first-order chi connectivity index (χ1) is 12.3. The predicted octanol–water partition coefficient (Wildman–Crippen LogP) is 2.22. The number of rotatable bonds is 2. The van der Waals surface area contributed by atoms with Crippen LogP contribution in [0.4, 0.5) is 0 Å². The molecule has 3 heterocycles. The van der Waals surface area contributed by atoms with E-state index in [1.54, 1.807) is 0 Å². The van der Waals surface area contributed by atoms with Crippen molar-refractivity contribution in [1.29, 1.82) is 0 Å². The van der Waals surface area contributed by atoms with E-state index in [1.165, 1.54) is 30.9 Å². The predicted molar refractivity (Wildman–Crippen MR) is 111 cm³/mol. The van der Waals surface area contributed by atoms with Crippen LogP contribution in [0.2, 0.25) is 0 Å². The molecule has 1 aliphatic carbocycles. The maximum atomic E-state index is 6.43. The summed E-state index contributed by atoms with van der Waals surface area (Å²) in [5.74, 6) is 0. The summed E-state index contributed by atoms with van der Waals surface area (Å²) in [6.45, 7) is 17.1.